The Balaban J connectivity index is 3.48. The Hall–Kier alpha value is -0.980. The lowest BCUT2D eigenvalue weighted by molar-refractivity contribution is -0.162. The van der Waals surface area contributed by atoms with E-state index in [4.69, 9.17) is 11.6 Å². The van der Waals surface area contributed by atoms with Crippen LogP contribution in [-0.2, 0) is 12.4 Å². The van der Waals surface area contributed by atoms with Crippen LogP contribution in [0.2, 0.25) is 5.15 Å². The molecule has 0 spiro atoms. The molecule has 0 amide bonds. The molecule has 0 saturated carbocycles. The summed E-state index contributed by atoms with van der Waals surface area (Å²) in [6, 6.07) is 0.231. The van der Waals surface area contributed by atoms with E-state index < -0.39 is 28.6 Å². The van der Waals surface area contributed by atoms with Gasteiger partial charge in [0.25, 0.3) is 0 Å². The lowest BCUT2D eigenvalue weighted by Gasteiger charge is -2.15. The second-order valence-electron chi connectivity index (χ2n) is 2.52. The molecule has 0 bridgehead atoms. The van der Waals surface area contributed by atoms with Gasteiger partial charge >= 0.3 is 12.4 Å². The Morgan fingerprint density at radius 3 is 1.87 bits per heavy atom. The summed E-state index contributed by atoms with van der Waals surface area (Å²) in [5.41, 5.74) is -3.80. The first-order valence-electron chi connectivity index (χ1n) is 3.43. The third-order valence-corrected chi connectivity index (χ3v) is 1.78. The van der Waals surface area contributed by atoms with Crippen molar-refractivity contribution in [2.45, 2.75) is 12.4 Å². The predicted molar refractivity (Wildman–Crippen MR) is 39.3 cm³/mol. The van der Waals surface area contributed by atoms with Crippen molar-refractivity contribution < 1.29 is 26.3 Å². The minimum absolute atomic E-state index is 0.231. The Labute approximate surface area is 84.7 Å². The molecule has 84 valence electrons. The van der Waals surface area contributed by atoms with Crippen molar-refractivity contribution in [2.75, 3.05) is 0 Å². The quantitative estimate of drug-likeness (QED) is 0.504. The molecule has 1 rings (SSSR count). The molecule has 0 fully saturated rings. The second kappa shape index (κ2) is 3.55. The van der Waals surface area contributed by atoms with Crippen LogP contribution < -0.4 is 0 Å². The van der Waals surface area contributed by atoms with Crippen LogP contribution in [0.5, 0.6) is 0 Å². The van der Waals surface area contributed by atoms with Crippen LogP contribution in [0, 0.1) is 0 Å². The summed E-state index contributed by atoms with van der Waals surface area (Å²) >= 11 is 4.99. The van der Waals surface area contributed by atoms with E-state index in [0.29, 0.717) is 6.20 Å². The van der Waals surface area contributed by atoms with Gasteiger partial charge in [0.2, 0.25) is 0 Å². The molecule has 8 heteroatoms. The number of rotatable bonds is 0. The lowest BCUT2D eigenvalue weighted by Crippen LogP contribution is -2.17. The monoisotopic (exact) mass is 249 g/mol. The molecule has 1 nitrogen and oxygen atoms in total. The minimum atomic E-state index is -5.18. The number of nitrogens with zero attached hydrogens (tertiary/aromatic N) is 1. The molecule has 0 aromatic carbocycles. The van der Waals surface area contributed by atoms with Crippen LogP contribution in [0.3, 0.4) is 0 Å². The van der Waals surface area contributed by atoms with E-state index in [0.717, 1.165) is 0 Å². The fourth-order valence-electron chi connectivity index (χ4n) is 0.942. The second-order valence-corrected chi connectivity index (χ2v) is 2.88. The summed E-state index contributed by atoms with van der Waals surface area (Å²) in [7, 11) is 0. The molecule has 0 saturated heterocycles. The zero-order chi connectivity index (χ0) is 11.9. The van der Waals surface area contributed by atoms with Crippen molar-refractivity contribution in [3.05, 3.63) is 28.5 Å². The Bertz CT molecular complexity index is 369. The largest absolute Gasteiger partial charge is 0.419 e. The highest BCUT2D eigenvalue weighted by Crippen LogP contribution is 2.42. The molecule has 1 aromatic heterocycles. The fourth-order valence-corrected chi connectivity index (χ4v) is 1.21. The average Bonchev–Trinajstić information content (AvgIpc) is 1.99. The third kappa shape index (κ3) is 2.53. The molecule has 0 aliphatic carbocycles. The zero-order valence-electron chi connectivity index (χ0n) is 6.75. The molecular formula is C7H2ClF6N. The summed E-state index contributed by atoms with van der Waals surface area (Å²) in [5, 5.41) is -1.21. The van der Waals surface area contributed by atoms with Gasteiger partial charge in [0.05, 0.1) is 5.56 Å². The average molecular weight is 250 g/mol. The van der Waals surface area contributed by atoms with Crippen LogP contribution in [0.15, 0.2) is 12.3 Å². The van der Waals surface area contributed by atoms with Crippen molar-refractivity contribution in [2.24, 2.45) is 0 Å². The number of hydrogen-bond donors (Lipinski definition) is 0. The maximum absolute atomic E-state index is 12.2. The lowest BCUT2D eigenvalue weighted by atomic mass is 10.1. The van der Waals surface area contributed by atoms with E-state index in [2.05, 4.69) is 4.98 Å². The summed E-state index contributed by atoms with van der Waals surface area (Å²) in [4.78, 5) is 2.97. The topological polar surface area (TPSA) is 12.9 Å². The molecule has 0 aliphatic heterocycles. The van der Waals surface area contributed by atoms with E-state index >= 15 is 0 Å². The van der Waals surface area contributed by atoms with Gasteiger partial charge in [-0.15, -0.1) is 0 Å². The zero-order valence-corrected chi connectivity index (χ0v) is 7.50. The van der Waals surface area contributed by atoms with Gasteiger partial charge in [-0.1, -0.05) is 11.6 Å². The Morgan fingerprint density at radius 2 is 1.53 bits per heavy atom. The maximum Gasteiger partial charge on any atom is 0.419 e. The van der Waals surface area contributed by atoms with E-state index in [1.165, 1.54) is 0 Å². The van der Waals surface area contributed by atoms with Crippen molar-refractivity contribution in [1.29, 1.82) is 0 Å². The van der Waals surface area contributed by atoms with Crippen LogP contribution >= 0.6 is 11.6 Å². The van der Waals surface area contributed by atoms with Crippen molar-refractivity contribution >= 4 is 11.6 Å². The van der Waals surface area contributed by atoms with Crippen molar-refractivity contribution in [1.82, 2.24) is 4.98 Å². The fraction of sp³-hybridized carbons (Fsp3) is 0.286. The minimum Gasteiger partial charge on any atom is -0.244 e. The van der Waals surface area contributed by atoms with Gasteiger partial charge < -0.3 is 0 Å². The number of hydrogen-bond acceptors (Lipinski definition) is 1. The van der Waals surface area contributed by atoms with Crippen molar-refractivity contribution in [3.63, 3.8) is 0 Å². The Morgan fingerprint density at radius 1 is 1.00 bits per heavy atom. The van der Waals surface area contributed by atoms with Gasteiger partial charge in [-0.25, -0.2) is 4.98 Å². The smallest absolute Gasteiger partial charge is 0.244 e. The predicted octanol–water partition coefficient (Wildman–Crippen LogP) is 3.77. The number of alkyl halides is 6. The van der Waals surface area contributed by atoms with Gasteiger partial charge in [0, 0.05) is 6.20 Å². The van der Waals surface area contributed by atoms with Gasteiger partial charge in [0.15, 0.2) is 0 Å². The normalized spacial score (nSPS) is 13.0. The number of halogens is 7. The van der Waals surface area contributed by atoms with Gasteiger partial charge in [-0.05, 0) is 6.07 Å². The third-order valence-electron chi connectivity index (χ3n) is 1.49. The van der Waals surface area contributed by atoms with Gasteiger partial charge in [-0.2, -0.15) is 26.3 Å². The molecule has 0 atom stereocenters. The first-order valence-corrected chi connectivity index (χ1v) is 3.80. The molecule has 1 heterocycles. The Kier molecular flexibility index (Phi) is 2.86. The SMILES string of the molecule is FC(F)(F)c1ccnc(Cl)c1C(F)(F)F. The highest BCUT2D eigenvalue weighted by molar-refractivity contribution is 6.30. The summed E-state index contributed by atoms with van der Waals surface area (Å²) in [5.74, 6) is 0. The highest BCUT2D eigenvalue weighted by Gasteiger charge is 2.45. The molecular weight excluding hydrogens is 248 g/mol. The van der Waals surface area contributed by atoms with E-state index in [-0.39, 0.29) is 6.07 Å². The standard InChI is InChI=1S/C7H2ClF6N/c8-5-4(7(12,13)14)3(1-2-15-5)6(9,10)11/h1-2H. The van der Waals surface area contributed by atoms with Crippen LogP contribution in [-0.4, -0.2) is 4.98 Å². The molecule has 15 heavy (non-hydrogen) atoms. The van der Waals surface area contributed by atoms with Gasteiger partial charge in [-0.3, -0.25) is 0 Å². The molecule has 0 aliphatic rings. The van der Waals surface area contributed by atoms with Crippen LogP contribution in [0.25, 0.3) is 0 Å². The van der Waals surface area contributed by atoms with Crippen molar-refractivity contribution in [3.8, 4) is 0 Å². The molecule has 0 N–H and O–H groups in total. The summed E-state index contributed by atoms with van der Waals surface area (Å²) in [6.45, 7) is 0. The highest BCUT2D eigenvalue weighted by atomic mass is 35.5. The molecule has 0 unspecified atom stereocenters. The maximum atomic E-state index is 12.2. The number of pyridine rings is 1. The summed E-state index contributed by atoms with van der Waals surface area (Å²) in [6.07, 6.45) is -9.73. The van der Waals surface area contributed by atoms with Gasteiger partial charge in [0.1, 0.15) is 10.7 Å². The van der Waals surface area contributed by atoms with E-state index in [1.807, 2.05) is 0 Å². The molecule has 1 aromatic rings. The van der Waals surface area contributed by atoms with Crippen LogP contribution in [0.1, 0.15) is 11.1 Å². The first kappa shape index (κ1) is 12.1. The van der Waals surface area contributed by atoms with E-state index in [1.54, 1.807) is 0 Å². The first-order chi connectivity index (χ1) is 6.64. The summed E-state index contributed by atoms with van der Waals surface area (Å²) < 4.78 is 73.2. The molecule has 0 radical (unpaired) electrons. The van der Waals surface area contributed by atoms with Crippen LogP contribution in [0.4, 0.5) is 26.3 Å². The van der Waals surface area contributed by atoms with E-state index in [9.17, 15) is 26.3 Å². The number of aromatic nitrogens is 1.